The summed E-state index contributed by atoms with van der Waals surface area (Å²) in [6, 6.07) is 6.38. The zero-order valence-electron chi connectivity index (χ0n) is 10.4. The van der Waals surface area contributed by atoms with Crippen molar-refractivity contribution < 1.29 is 13.2 Å². The van der Waals surface area contributed by atoms with Crippen molar-refractivity contribution in [2.45, 2.75) is 30.8 Å². The molecule has 0 aliphatic carbocycles. The number of ether oxygens (including phenoxy) is 1. The largest absolute Gasteiger partial charge is 0.486 e. The van der Waals surface area contributed by atoms with Gasteiger partial charge in [-0.3, -0.25) is 0 Å². The second kappa shape index (κ2) is 5.06. The maximum atomic E-state index is 11.3. The molecule has 1 rings (SSSR count). The molecule has 0 fully saturated rings. The second-order valence-corrected chi connectivity index (χ2v) is 6.37. The van der Waals surface area contributed by atoms with Gasteiger partial charge >= 0.3 is 0 Å². The summed E-state index contributed by atoms with van der Waals surface area (Å²) in [6.07, 6.45) is 1.97. The van der Waals surface area contributed by atoms with Crippen LogP contribution in [0.1, 0.15) is 20.3 Å². The molecule has 0 radical (unpaired) electrons. The Labute approximate surface area is 103 Å². The first-order chi connectivity index (χ1) is 7.80. The Morgan fingerprint density at radius 3 is 2.18 bits per heavy atom. The Kier molecular flexibility index (Phi) is 4.16. The van der Waals surface area contributed by atoms with Gasteiger partial charge in [-0.25, -0.2) is 8.42 Å². The minimum Gasteiger partial charge on any atom is -0.486 e. The summed E-state index contributed by atoms with van der Waals surface area (Å²) in [5.41, 5.74) is 5.23. The average molecular weight is 257 g/mol. The molecule has 2 N–H and O–H groups in total. The molecule has 1 atom stereocenters. The first kappa shape index (κ1) is 14.0. The molecule has 0 aromatic heterocycles. The van der Waals surface area contributed by atoms with Crippen molar-refractivity contribution in [2.75, 3.05) is 12.8 Å². The predicted octanol–water partition coefficient (Wildman–Crippen LogP) is 1.60. The van der Waals surface area contributed by atoms with E-state index in [1.165, 1.54) is 18.4 Å². The zero-order chi connectivity index (χ0) is 13.1. The van der Waals surface area contributed by atoms with Crippen molar-refractivity contribution in [1.82, 2.24) is 0 Å². The Morgan fingerprint density at radius 2 is 1.82 bits per heavy atom. The molecule has 4 nitrogen and oxygen atoms in total. The number of hydrogen-bond acceptors (Lipinski definition) is 4. The van der Waals surface area contributed by atoms with Gasteiger partial charge in [0.1, 0.15) is 11.4 Å². The number of sulfone groups is 1. The van der Waals surface area contributed by atoms with Gasteiger partial charge in [0, 0.05) is 12.8 Å². The molecule has 0 aliphatic heterocycles. The van der Waals surface area contributed by atoms with E-state index in [0.29, 0.717) is 12.3 Å². The van der Waals surface area contributed by atoms with Gasteiger partial charge in [-0.2, -0.15) is 0 Å². The number of nitrogens with two attached hydrogens (primary N) is 1. The van der Waals surface area contributed by atoms with Crippen molar-refractivity contribution in [2.24, 2.45) is 5.73 Å². The van der Waals surface area contributed by atoms with Gasteiger partial charge in [-0.1, -0.05) is 6.92 Å². The predicted molar refractivity (Wildman–Crippen MR) is 67.9 cm³/mol. The summed E-state index contributed by atoms with van der Waals surface area (Å²) in [5.74, 6) is 0.632. The zero-order valence-corrected chi connectivity index (χ0v) is 11.3. The maximum Gasteiger partial charge on any atom is 0.175 e. The molecule has 96 valence electrons. The summed E-state index contributed by atoms with van der Waals surface area (Å²) < 4.78 is 28.3. The molecule has 0 heterocycles. The van der Waals surface area contributed by atoms with Crippen LogP contribution in [0.3, 0.4) is 0 Å². The highest BCUT2D eigenvalue weighted by Crippen LogP contribution is 2.22. The highest BCUT2D eigenvalue weighted by atomic mass is 32.2. The Bertz CT molecular complexity index is 461. The van der Waals surface area contributed by atoms with Gasteiger partial charge in [0.15, 0.2) is 9.84 Å². The van der Waals surface area contributed by atoms with Gasteiger partial charge in [-0.15, -0.1) is 0 Å². The molecular weight excluding hydrogens is 238 g/mol. The SMILES string of the molecule is CCC(C)(CN)Oc1ccc(S(C)(=O)=O)cc1. The molecule has 0 aliphatic rings. The van der Waals surface area contributed by atoms with E-state index >= 15 is 0 Å². The molecule has 0 saturated carbocycles. The van der Waals surface area contributed by atoms with E-state index in [0.717, 1.165) is 6.42 Å². The van der Waals surface area contributed by atoms with Gasteiger partial charge in [-0.05, 0) is 37.6 Å². The minimum atomic E-state index is -3.15. The minimum absolute atomic E-state index is 0.288. The van der Waals surface area contributed by atoms with E-state index in [-0.39, 0.29) is 4.90 Å². The van der Waals surface area contributed by atoms with E-state index in [9.17, 15) is 8.42 Å². The number of hydrogen-bond donors (Lipinski definition) is 1. The van der Waals surface area contributed by atoms with E-state index < -0.39 is 15.4 Å². The van der Waals surface area contributed by atoms with Crippen LogP contribution in [-0.2, 0) is 9.84 Å². The normalized spacial score (nSPS) is 15.3. The number of benzene rings is 1. The van der Waals surface area contributed by atoms with Crippen LogP contribution in [0.4, 0.5) is 0 Å². The van der Waals surface area contributed by atoms with E-state index in [1.807, 2.05) is 13.8 Å². The molecule has 1 unspecified atom stereocenters. The van der Waals surface area contributed by atoms with Gasteiger partial charge in [0.05, 0.1) is 4.90 Å². The smallest absolute Gasteiger partial charge is 0.175 e. The van der Waals surface area contributed by atoms with Crippen LogP contribution in [0, 0.1) is 0 Å². The fourth-order valence-electron chi connectivity index (χ4n) is 1.30. The van der Waals surface area contributed by atoms with Crippen LogP contribution in [0.25, 0.3) is 0 Å². The molecule has 0 saturated heterocycles. The van der Waals surface area contributed by atoms with E-state index in [4.69, 9.17) is 10.5 Å². The van der Waals surface area contributed by atoms with Crippen LogP contribution < -0.4 is 10.5 Å². The molecule has 17 heavy (non-hydrogen) atoms. The molecular formula is C12H19NO3S. The van der Waals surface area contributed by atoms with Gasteiger partial charge in [0.25, 0.3) is 0 Å². The van der Waals surface area contributed by atoms with Crippen LogP contribution in [-0.4, -0.2) is 26.8 Å². The highest BCUT2D eigenvalue weighted by Gasteiger charge is 2.22. The van der Waals surface area contributed by atoms with Gasteiger partial charge in [0.2, 0.25) is 0 Å². The van der Waals surface area contributed by atoms with Crippen LogP contribution in [0.5, 0.6) is 5.75 Å². The summed E-state index contributed by atoms with van der Waals surface area (Å²) in [6.45, 7) is 4.34. The average Bonchev–Trinajstić information content (AvgIpc) is 2.28. The monoisotopic (exact) mass is 257 g/mol. The molecule has 5 heteroatoms. The third-order valence-corrected chi connectivity index (χ3v) is 3.92. The van der Waals surface area contributed by atoms with Crippen molar-refractivity contribution in [3.05, 3.63) is 24.3 Å². The third kappa shape index (κ3) is 3.71. The lowest BCUT2D eigenvalue weighted by Crippen LogP contribution is -2.39. The van der Waals surface area contributed by atoms with E-state index in [2.05, 4.69) is 0 Å². The summed E-state index contributed by atoms with van der Waals surface area (Å²) in [4.78, 5) is 0.288. The Balaban J connectivity index is 2.89. The van der Waals surface area contributed by atoms with Crippen LogP contribution in [0.15, 0.2) is 29.2 Å². The Morgan fingerprint density at radius 1 is 1.29 bits per heavy atom. The third-order valence-electron chi connectivity index (χ3n) is 2.80. The molecule has 1 aromatic carbocycles. The maximum absolute atomic E-state index is 11.3. The fraction of sp³-hybridized carbons (Fsp3) is 0.500. The topological polar surface area (TPSA) is 69.4 Å². The summed E-state index contributed by atoms with van der Waals surface area (Å²) in [5, 5.41) is 0. The van der Waals surface area contributed by atoms with Crippen molar-refractivity contribution in [3.63, 3.8) is 0 Å². The van der Waals surface area contributed by atoms with Gasteiger partial charge < -0.3 is 10.5 Å². The lowest BCUT2D eigenvalue weighted by molar-refractivity contribution is 0.0935. The molecule has 0 amide bonds. The van der Waals surface area contributed by atoms with Crippen molar-refractivity contribution in [1.29, 1.82) is 0 Å². The van der Waals surface area contributed by atoms with E-state index in [1.54, 1.807) is 12.1 Å². The van der Waals surface area contributed by atoms with Crippen molar-refractivity contribution in [3.8, 4) is 5.75 Å². The molecule has 0 spiro atoms. The molecule has 1 aromatic rings. The number of rotatable bonds is 5. The first-order valence-corrected chi connectivity index (χ1v) is 7.39. The first-order valence-electron chi connectivity index (χ1n) is 5.50. The lowest BCUT2D eigenvalue weighted by atomic mass is 10.0. The highest BCUT2D eigenvalue weighted by molar-refractivity contribution is 7.90. The molecule has 0 bridgehead atoms. The standard InChI is InChI=1S/C12H19NO3S/c1-4-12(2,9-13)16-10-5-7-11(8-6-10)17(3,14)15/h5-8H,4,9,13H2,1-3H3. The quantitative estimate of drug-likeness (QED) is 0.869. The summed E-state index contributed by atoms with van der Waals surface area (Å²) in [7, 11) is -3.15. The van der Waals surface area contributed by atoms with Crippen LogP contribution >= 0.6 is 0 Å². The fourth-order valence-corrected chi connectivity index (χ4v) is 1.93. The second-order valence-electron chi connectivity index (χ2n) is 4.35. The van der Waals surface area contributed by atoms with Crippen LogP contribution in [0.2, 0.25) is 0 Å². The van der Waals surface area contributed by atoms with Crippen molar-refractivity contribution >= 4 is 9.84 Å². The lowest BCUT2D eigenvalue weighted by Gasteiger charge is -2.28. The Hall–Kier alpha value is -1.07. The summed E-state index contributed by atoms with van der Waals surface area (Å²) >= 11 is 0.